The van der Waals surface area contributed by atoms with Gasteiger partial charge in [-0.1, -0.05) is 30.3 Å². The van der Waals surface area contributed by atoms with Crippen molar-refractivity contribution in [3.63, 3.8) is 0 Å². The van der Waals surface area contributed by atoms with Gasteiger partial charge in [0.1, 0.15) is 0 Å². The number of aromatic nitrogens is 1. The van der Waals surface area contributed by atoms with E-state index in [2.05, 4.69) is 43.0 Å². The van der Waals surface area contributed by atoms with Gasteiger partial charge in [0, 0.05) is 54.8 Å². The molecule has 0 spiro atoms. The van der Waals surface area contributed by atoms with Gasteiger partial charge in [0.15, 0.2) is 0 Å². The highest BCUT2D eigenvalue weighted by atomic mass is 32.2. The Labute approximate surface area is 181 Å². The Bertz CT molecular complexity index is 1140. The van der Waals surface area contributed by atoms with Crippen LogP contribution < -0.4 is 10.5 Å². The first-order valence-electron chi connectivity index (χ1n) is 10.3. The summed E-state index contributed by atoms with van der Waals surface area (Å²) in [7, 11) is 1.78. The standard InChI is InChI=1S/C24H27N3O2S/c1-17-7-6-8-19(13-17)27-12-11-26(15-18(27)2)24(29)16-30-22-14-23(28)25(3)21-10-5-4-9-20(21)22/h4-10,13-14,18H,11-12,15-16H2,1-3H3. The molecule has 1 aromatic heterocycles. The molecule has 0 radical (unpaired) electrons. The number of carbonyl (C=O) groups excluding carboxylic acids is 1. The summed E-state index contributed by atoms with van der Waals surface area (Å²) in [5.41, 5.74) is 3.30. The molecule has 1 fully saturated rings. The Morgan fingerprint density at radius 1 is 1.10 bits per heavy atom. The number of anilines is 1. The van der Waals surface area contributed by atoms with Crippen molar-refractivity contribution in [3.8, 4) is 0 Å². The van der Waals surface area contributed by atoms with E-state index in [1.807, 2.05) is 29.2 Å². The maximum atomic E-state index is 12.9. The number of benzene rings is 2. The number of carbonyl (C=O) groups is 1. The van der Waals surface area contributed by atoms with E-state index in [9.17, 15) is 9.59 Å². The number of amides is 1. The molecule has 0 saturated carbocycles. The molecule has 156 valence electrons. The summed E-state index contributed by atoms with van der Waals surface area (Å²) in [6.07, 6.45) is 0. The molecule has 1 unspecified atom stereocenters. The minimum Gasteiger partial charge on any atom is -0.365 e. The lowest BCUT2D eigenvalue weighted by Crippen LogP contribution is -2.54. The Morgan fingerprint density at radius 2 is 1.90 bits per heavy atom. The molecule has 0 bridgehead atoms. The summed E-state index contributed by atoms with van der Waals surface area (Å²) in [6, 6.07) is 18.3. The molecule has 1 atom stereocenters. The molecule has 1 aliphatic rings. The van der Waals surface area contributed by atoms with E-state index in [0.29, 0.717) is 12.3 Å². The van der Waals surface area contributed by atoms with Gasteiger partial charge >= 0.3 is 0 Å². The van der Waals surface area contributed by atoms with Crippen molar-refractivity contribution in [3.05, 3.63) is 70.5 Å². The van der Waals surface area contributed by atoms with E-state index < -0.39 is 0 Å². The molecule has 2 aromatic carbocycles. The second kappa shape index (κ2) is 8.56. The van der Waals surface area contributed by atoms with Crippen LogP contribution in [0, 0.1) is 6.92 Å². The molecule has 3 aromatic rings. The van der Waals surface area contributed by atoms with E-state index in [-0.39, 0.29) is 17.5 Å². The molecule has 30 heavy (non-hydrogen) atoms. The fourth-order valence-electron chi connectivity index (χ4n) is 4.10. The molecular formula is C24H27N3O2S. The summed E-state index contributed by atoms with van der Waals surface area (Å²) in [4.78, 5) is 30.4. The monoisotopic (exact) mass is 421 g/mol. The van der Waals surface area contributed by atoms with Gasteiger partial charge in [-0.2, -0.15) is 0 Å². The number of nitrogens with zero attached hydrogens (tertiary/aromatic N) is 3. The summed E-state index contributed by atoms with van der Waals surface area (Å²) in [5.74, 6) is 0.467. The molecule has 1 amide bonds. The van der Waals surface area contributed by atoms with Crippen LogP contribution >= 0.6 is 11.8 Å². The normalized spacial score (nSPS) is 16.8. The highest BCUT2D eigenvalue weighted by Crippen LogP contribution is 2.27. The van der Waals surface area contributed by atoms with Crippen LogP contribution in [0.2, 0.25) is 0 Å². The summed E-state index contributed by atoms with van der Waals surface area (Å²) in [6.45, 7) is 6.53. The van der Waals surface area contributed by atoms with Gasteiger partial charge in [-0.3, -0.25) is 9.59 Å². The fraction of sp³-hybridized carbons (Fsp3) is 0.333. The van der Waals surface area contributed by atoms with Crippen LogP contribution in [0.25, 0.3) is 10.9 Å². The Balaban J connectivity index is 1.43. The average Bonchev–Trinajstić information content (AvgIpc) is 2.75. The minimum absolute atomic E-state index is 0.0518. The molecular weight excluding hydrogens is 394 g/mol. The van der Waals surface area contributed by atoms with Gasteiger partial charge in [-0.15, -0.1) is 11.8 Å². The van der Waals surface area contributed by atoms with Gasteiger partial charge in [-0.05, 0) is 37.6 Å². The van der Waals surface area contributed by atoms with Gasteiger partial charge in [0.05, 0.1) is 11.3 Å². The lowest BCUT2D eigenvalue weighted by Gasteiger charge is -2.41. The highest BCUT2D eigenvalue weighted by molar-refractivity contribution is 8.00. The molecule has 0 aliphatic carbocycles. The van der Waals surface area contributed by atoms with Gasteiger partial charge in [-0.25, -0.2) is 0 Å². The summed E-state index contributed by atoms with van der Waals surface area (Å²) >= 11 is 1.46. The lowest BCUT2D eigenvalue weighted by atomic mass is 10.1. The fourth-order valence-corrected chi connectivity index (χ4v) is 5.08. The number of para-hydroxylation sites is 1. The highest BCUT2D eigenvalue weighted by Gasteiger charge is 2.27. The number of hydrogen-bond acceptors (Lipinski definition) is 4. The topological polar surface area (TPSA) is 45.6 Å². The van der Waals surface area contributed by atoms with Crippen LogP contribution in [-0.4, -0.2) is 46.8 Å². The third-order valence-corrected chi connectivity index (χ3v) is 6.82. The van der Waals surface area contributed by atoms with Crippen molar-refractivity contribution in [1.82, 2.24) is 9.47 Å². The number of thioether (sulfide) groups is 1. The zero-order valence-corrected chi connectivity index (χ0v) is 18.5. The van der Waals surface area contributed by atoms with Gasteiger partial charge < -0.3 is 14.4 Å². The number of piperazine rings is 1. The predicted octanol–water partition coefficient (Wildman–Crippen LogP) is 3.68. The number of hydrogen-bond donors (Lipinski definition) is 0. The van der Waals surface area contributed by atoms with Crippen molar-refractivity contribution in [2.24, 2.45) is 7.05 Å². The zero-order valence-electron chi connectivity index (χ0n) is 17.7. The van der Waals surface area contributed by atoms with E-state index in [1.54, 1.807) is 17.7 Å². The first kappa shape index (κ1) is 20.5. The van der Waals surface area contributed by atoms with Gasteiger partial charge in [0.2, 0.25) is 5.91 Å². The third kappa shape index (κ3) is 4.10. The Hall–Kier alpha value is -2.73. The van der Waals surface area contributed by atoms with Gasteiger partial charge in [0.25, 0.3) is 5.56 Å². The molecule has 6 heteroatoms. The molecule has 2 heterocycles. The summed E-state index contributed by atoms with van der Waals surface area (Å²) < 4.78 is 1.65. The number of rotatable bonds is 4. The quantitative estimate of drug-likeness (QED) is 0.603. The first-order valence-corrected chi connectivity index (χ1v) is 11.3. The number of fused-ring (bicyclic) bond motifs is 1. The molecule has 0 N–H and O–H groups in total. The zero-order chi connectivity index (χ0) is 21.3. The van der Waals surface area contributed by atoms with Crippen LogP contribution in [-0.2, 0) is 11.8 Å². The van der Waals surface area contributed by atoms with E-state index in [0.717, 1.165) is 28.9 Å². The predicted molar refractivity (Wildman–Crippen MR) is 124 cm³/mol. The van der Waals surface area contributed by atoms with E-state index in [4.69, 9.17) is 0 Å². The Morgan fingerprint density at radius 3 is 2.67 bits per heavy atom. The SMILES string of the molecule is Cc1cccc(N2CCN(C(=O)CSc3cc(=O)n(C)c4ccccc34)CC2C)c1. The van der Waals surface area contributed by atoms with Crippen molar-refractivity contribution in [2.45, 2.75) is 24.8 Å². The van der Waals surface area contributed by atoms with E-state index >= 15 is 0 Å². The minimum atomic E-state index is -0.0518. The molecule has 1 saturated heterocycles. The van der Waals surface area contributed by atoms with Crippen LogP contribution in [0.1, 0.15) is 12.5 Å². The Kier molecular flexibility index (Phi) is 5.86. The van der Waals surface area contributed by atoms with Crippen molar-refractivity contribution in [1.29, 1.82) is 0 Å². The third-order valence-electron chi connectivity index (χ3n) is 5.78. The second-order valence-corrected chi connectivity index (χ2v) is 8.95. The second-order valence-electron chi connectivity index (χ2n) is 7.93. The lowest BCUT2D eigenvalue weighted by molar-refractivity contribution is -0.129. The molecule has 4 rings (SSSR count). The van der Waals surface area contributed by atoms with Crippen LogP contribution in [0.4, 0.5) is 5.69 Å². The first-order chi connectivity index (χ1) is 14.4. The number of pyridine rings is 1. The maximum Gasteiger partial charge on any atom is 0.251 e. The largest absolute Gasteiger partial charge is 0.365 e. The van der Waals surface area contributed by atoms with Crippen LogP contribution in [0.3, 0.4) is 0 Å². The molecule has 5 nitrogen and oxygen atoms in total. The number of aryl methyl sites for hydroxylation is 2. The van der Waals surface area contributed by atoms with E-state index in [1.165, 1.54) is 23.0 Å². The maximum absolute atomic E-state index is 12.9. The van der Waals surface area contributed by atoms with Crippen molar-refractivity contribution >= 4 is 34.3 Å². The summed E-state index contributed by atoms with van der Waals surface area (Å²) in [5, 5.41) is 1.01. The van der Waals surface area contributed by atoms with Crippen LogP contribution in [0.5, 0.6) is 0 Å². The smallest absolute Gasteiger partial charge is 0.251 e. The molecule has 1 aliphatic heterocycles. The van der Waals surface area contributed by atoms with Crippen LogP contribution in [0.15, 0.2) is 64.3 Å². The van der Waals surface area contributed by atoms with Crippen molar-refractivity contribution < 1.29 is 4.79 Å². The van der Waals surface area contributed by atoms with Crippen molar-refractivity contribution in [2.75, 3.05) is 30.3 Å². The average molecular weight is 422 g/mol.